The highest BCUT2D eigenvalue weighted by Gasteiger charge is 2.23. The van der Waals surface area contributed by atoms with E-state index >= 15 is 0 Å². The monoisotopic (exact) mass is 286 g/mol. The molecular weight excluding hydrogens is 267 g/mol. The van der Waals surface area contributed by atoms with Crippen LogP contribution in [0.5, 0.6) is 0 Å². The molecule has 0 radical (unpaired) electrons. The summed E-state index contributed by atoms with van der Waals surface area (Å²) in [7, 11) is 0. The molecule has 0 aromatic heterocycles. The van der Waals surface area contributed by atoms with Crippen LogP contribution < -0.4 is 4.90 Å². The first-order chi connectivity index (χ1) is 8.65. The first-order valence-electron chi connectivity index (χ1n) is 6.49. The minimum absolute atomic E-state index is 0.514. The van der Waals surface area contributed by atoms with Crippen LogP contribution in [0, 0.1) is 0 Å². The summed E-state index contributed by atoms with van der Waals surface area (Å²) in [6, 6.07) is 6.70. The van der Waals surface area contributed by atoms with Gasteiger partial charge in [-0.3, -0.25) is 4.90 Å². The van der Waals surface area contributed by atoms with Gasteiger partial charge in [0.05, 0.1) is 10.7 Å². The molecule has 0 amide bonds. The third-order valence-electron chi connectivity index (χ3n) is 3.68. The Labute approximate surface area is 119 Å². The van der Waals surface area contributed by atoms with Gasteiger partial charge in [0, 0.05) is 31.6 Å². The Kier molecular flexibility index (Phi) is 4.77. The van der Waals surface area contributed by atoms with Gasteiger partial charge in [-0.15, -0.1) is 11.6 Å². The molecule has 4 heteroatoms. The zero-order valence-corrected chi connectivity index (χ0v) is 12.5. The van der Waals surface area contributed by atoms with Crippen molar-refractivity contribution in [3.63, 3.8) is 0 Å². The highest BCUT2D eigenvalue weighted by Crippen LogP contribution is 2.29. The number of rotatable bonds is 3. The van der Waals surface area contributed by atoms with Gasteiger partial charge < -0.3 is 4.90 Å². The molecule has 0 saturated carbocycles. The molecule has 1 atom stereocenters. The van der Waals surface area contributed by atoms with Crippen LogP contribution in [0.25, 0.3) is 0 Å². The van der Waals surface area contributed by atoms with Crippen molar-refractivity contribution >= 4 is 28.9 Å². The second kappa shape index (κ2) is 6.14. The lowest BCUT2D eigenvalue weighted by atomic mass is 10.1. The van der Waals surface area contributed by atoms with Crippen LogP contribution in [0.2, 0.25) is 5.02 Å². The second-order valence-corrected chi connectivity index (χ2v) is 5.52. The zero-order chi connectivity index (χ0) is 13.1. The van der Waals surface area contributed by atoms with E-state index in [9.17, 15) is 0 Å². The third-order valence-corrected chi connectivity index (χ3v) is 4.29. The molecule has 1 saturated heterocycles. The maximum Gasteiger partial charge on any atom is 0.0642 e. The first-order valence-corrected chi connectivity index (χ1v) is 7.40. The van der Waals surface area contributed by atoms with Crippen LogP contribution >= 0.6 is 23.2 Å². The van der Waals surface area contributed by atoms with Crippen LogP contribution in [-0.4, -0.2) is 37.1 Å². The molecule has 2 rings (SSSR count). The fourth-order valence-corrected chi connectivity index (χ4v) is 3.06. The van der Waals surface area contributed by atoms with Crippen molar-refractivity contribution in [2.45, 2.75) is 25.8 Å². The van der Waals surface area contributed by atoms with E-state index in [1.54, 1.807) is 0 Å². The van der Waals surface area contributed by atoms with Crippen LogP contribution in [0.15, 0.2) is 18.2 Å². The summed E-state index contributed by atoms with van der Waals surface area (Å²) in [6.07, 6.45) is 0. The van der Waals surface area contributed by atoms with Crippen molar-refractivity contribution in [1.82, 2.24) is 4.90 Å². The van der Waals surface area contributed by atoms with Gasteiger partial charge in [0.25, 0.3) is 0 Å². The van der Waals surface area contributed by atoms with Gasteiger partial charge in [-0.2, -0.15) is 0 Å². The standard InChI is InChI=1S/C14H20Cl2N2/c1-3-17-6-7-18(10-11(17)2)14-5-4-12(9-15)8-13(14)16/h4-5,8,11H,3,6-7,9-10H2,1-2H3. The first kappa shape index (κ1) is 14.0. The smallest absolute Gasteiger partial charge is 0.0642 e. The summed E-state index contributed by atoms with van der Waals surface area (Å²) in [5.74, 6) is 0.514. The average molecular weight is 287 g/mol. The molecule has 0 N–H and O–H groups in total. The quantitative estimate of drug-likeness (QED) is 0.784. The molecule has 18 heavy (non-hydrogen) atoms. The molecule has 1 aliphatic heterocycles. The summed E-state index contributed by atoms with van der Waals surface area (Å²) in [5.41, 5.74) is 2.21. The van der Waals surface area contributed by atoms with Crippen LogP contribution in [0.4, 0.5) is 5.69 Å². The van der Waals surface area contributed by atoms with E-state index in [1.807, 2.05) is 6.07 Å². The minimum Gasteiger partial charge on any atom is -0.367 e. The van der Waals surface area contributed by atoms with Gasteiger partial charge >= 0.3 is 0 Å². The molecule has 100 valence electrons. The van der Waals surface area contributed by atoms with Crippen molar-refractivity contribution in [3.05, 3.63) is 28.8 Å². The molecule has 1 aromatic rings. The van der Waals surface area contributed by atoms with Gasteiger partial charge in [0.15, 0.2) is 0 Å². The molecule has 1 fully saturated rings. The third kappa shape index (κ3) is 2.93. The van der Waals surface area contributed by atoms with Crippen LogP contribution in [0.1, 0.15) is 19.4 Å². The molecule has 1 aromatic carbocycles. The lowest BCUT2D eigenvalue weighted by molar-refractivity contribution is 0.199. The highest BCUT2D eigenvalue weighted by molar-refractivity contribution is 6.33. The lowest BCUT2D eigenvalue weighted by Gasteiger charge is -2.40. The molecule has 1 unspecified atom stereocenters. The topological polar surface area (TPSA) is 6.48 Å². The van der Waals surface area contributed by atoms with Crippen molar-refractivity contribution < 1.29 is 0 Å². The molecule has 1 aliphatic rings. The molecular formula is C14H20Cl2N2. The number of hydrogen-bond acceptors (Lipinski definition) is 2. The summed E-state index contributed by atoms with van der Waals surface area (Å²) >= 11 is 12.2. The maximum atomic E-state index is 6.35. The van der Waals surface area contributed by atoms with Crippen molar-refractivity contribution in [1.29, 1.82) is 0 Å². The van der Waals surface area contributed by atoms with E-state index in [4.69, 9.17) is 23.2 Å². The molecule has 0 spiro atoms. The van der Waals surface area contributed by atoms with Gasteiger partial charge in [-0.1, -0.05) is 24.6 Å². The predicted octanol–water partition coefficient (Wildman–Crippen LogP) is 3.61. The highest BCUT2D eigenvalue weighted by atomic mass is 35.5. The van der Waals surface area contributed by atoms with Crippen molar-refractivity contribution in [2.75, 3.05) is 31.1 Å². The molecule has 1 heterocycles. The number of benzene rings is 1. The van der Waals surface area contributed by atoms with E-state index in [2.05, 4.69) is 35.8 Å². The normalized spacial score (nSPS) is 21.3. The second-order valence-electron chi connectivity index (χ2n) is 4.84. The number of likely N-dealkylation sites (N-methyl/N-ethyl adjacent to an activating group) is 1. The van der Waals surface area contributed by atoms with E-state index in [1.165, 1.54) is 0 Å². The van der Waals surface area contributed by atoms with Crippen molar-refractivity contribution in [2.24, 2.45) is 0 Å². The van der Waals surface area contributed by atoms with E-state index < -0.39 is 0 Å². The Hall–Kier alpha value is -0.440. The SMILES string of the molecule is CCN1CCN(c2ccc(CCl)cc2Cl)CC1C. The Morgan fingerprint density at radius 2 is 2.11 bits per heavy atom. The van der Waals surface area contributed by atoms with Crippen molar-refractivity contribution in [3.8, 4) is 0 Å². The number of piperazine rings is 1. The Balaban J connectivity index is 2.13. The number of nitrogens with zero attached hydrogens (tertiary/aromatic N) is 2. The van der Waals surface area contributed by atoms with Gasteiger partial charge in [0.1, 0.15) is 0 Å². The zero-order valence-electron chi connectivity index (χ0n) is 11.0. The Morgan fingerprint density at radius 3 is 2.67 bits per heavy atom. The summed E-state index contributed by atoms with van der Waals surface area (Å²) < 4.78 is 0. The number of alkyl halides is 1. The lowest BCUT2D eigenvalue weighted by Crippen LogP contribution is -2.51. The Bertz CT molecular complexity index is 409. The summed E-state index contributed by atoms with van der Waals surface area (Å²) in [6.45, 7) is 8.79. The number of anilines is 1. The fourth-order valence-electron chi connectivity index (χ4n) is 2.57. The number of halogens is 2. The van der Waals surface area contributed by atoms with Crippen LogP contribution in [0.3, 0.4) is 0 Å². The predicted molar refractivity (Wildman–Crippen MR) is 79.9 cm³/mol. The number of hydrogen-bond donors (Lipinski definition) is 0. The minimum atomic E-state index is 0.514. The van der Waals surface area contributed by atoms with Gasteiger partial charge in [0.2, 0.25) is 0 Å². The van der Waals surface area contributed by atoms with E-state index in [-0.39, 0.29) is 0 Å². The molecule has 2 nitrogen and oxygen atoms in total. The van der Waals surface area contributed by atoms with Gasteiger partial charge in [-0.05, 0) is 31.2 Å². The Morgan fingerprint density at radius 1 is 1.33 bits per heavy atom. The maximum absolute atomic E-state index is 6.35. The van der Waals surface area contributed by atoms with Crippen LogP contribution in [-0.2, 0) is 5.88 Å². The average Bonchev–Trinajstić information content (AvgIpc) is 2.38. The molecule has 0 aliphatic carbocycles. The van der Waals surface area contributed by atoms with Gasteiger partial charge in [-0.25, -0.2) is 0 Å². The van der Waals surface area contributed by atoms with E-state index in [0.29, 0.717) is 11.9 Å². The summed E-state index contributed by atoms with van der Waals surface area (Å²) in [5, 5.41) is 0.810. The largest absolute Gasteiger partial charge is 0.367 e. The van der Waals surface area contributed by atoms with E-state index in [0.717, 1.165) is 42.5 Å². The fraction of sp³-hybridized carbons (Fsp3) is 0.571. The molecule has 0 bridgehead atoms. The summed E-state index contributed by atoms with van der Waals surface area (Å²) in [4.78, 5) is 4.87.